The van der Waals surface area contributed by atoms with Gasteiger partial charge in [-0.3, -0.25) is 4.79 Å². The number of esters is 1. The molecule has 6 nitrogen and oxygen atoms in total. The third kappa shape index (κ3) is 12.0. The van der Waals surface area contributed by atoms with E-state index in [2.05, 4.69) is 18.9 Å². The van der Waals surface area contributed by atoms with Gasteiger partial charge in [-0.15, -0.1) is 0 Å². The van der Waals surface area contributed by atoms with Crippen molar-refractivity contribution in [1.82, 2.24) is 5.09 Å². The maximum absolute atomic E-state index is 14.7. The minimum atomic E-state index is -5.10. The summed E-state index contributed by atoms with van der Waals surface area (Å²) in [6.45, 7) is 4.34. The molecule has 0 saturated heterocycles. The molecule has 0 heterocycles. The lowest BCUT2D eigenvalue weighted by molar-refractivity contribution is -0.147. The molecular weight excluding hydrogens is 640 g/mol. The molecule has 0 radical (unpaired) electrons. The number of rotatable bonds is 21. The van der Waals surface area contributed by atoms with Gasteiger partial charge in [0.2, 0.25) is 34.8 Å². The van der Waals surface area contributed by atoms with E-state index in [9.17, 15) is 31.3 Å². The number of nitrogens with one attached hydrogen (secondary N) is 1. The van der Waals surface area contributed by atoms with Crippen LogP contribution in [-0.2, 0) is 20.5 Å². The van der Waals surface area contributed by atoms with Crippen molar-refractivity contribution >= 4 is 13.7 Å². The van der Waals surface area contributed by atoms with E-state index in [1.54, 1.807) is 36.4 Å². The van der Waals surface area contributed by atoms with Crippen LogP contribution in [0.2, 0.25) is 0 Å². The van der Waals surface area contributed by atoms with Gasteiger partial charge < -0.3 is 13.8 Å². The van der Waals surface area contributed by atoms with Gasteiger partial charge in [-0.25, -0.2) is 17.7 Å². The lowest BCUT2D eigenvalue weighted by Crippen LogP contribution is -2.40. The second-order valence-electron chi connectivity index (χ2n) is 11.5. The maximum Gasteiger partial charge on any atom is 0.513 e. The molecule has 0 aliphatic heterocycles. The van der Waals surface area contributed by atoms with Crippen LogP contribution in [0.4, 0.5) is 22.0 Å². The average molecular weight is 684 g/mol. The summed E-state index contributed by atoms with van der Waals surface area (Å²) < 4.78 is 102. The second-order valence-corrected chi connectivity index (χ2v) is 13.1. The van der Waals surface area contributed by atoms with Gasteiger partial charge in [-0.1, -0.05) is 114 Å². The van der Waals surface area contributed by atoms with Crippen LogP contribution >= 0.6 is 7.75 Å². The molecule has 3 aromatic carbocycles. The van der Waals surface area contributed by atoms with E-state index in [-0.39, 0.29) is 24.7 Å². The average Bonchev–Trinajstić information content (AvgIpc) is 3.07. The van der Waals surface area contributed by atoms with Crippen molar-refractivity contribution in [1.29, 1.82) is 0 Å². The molecule has 0 amide bonds. The van der Waals surface area contributed by atoms with E-state index < -0.39 is 54.6 Å². The van der Waals surface area contributed by atoms with Crippen LogP contribution in [0.3, 0.4) is 0 Å². The molecule has 0 aromatic heterocycles. The summed E-state index contributed by atoms with van der Waals surface area (Å²) >= 11 is 0. The Hall–Kier alpha value is -3.43. The molecule has 258 valence electrons. The van der Waals surface area contributed by atoms with Crippen molar-refractivity contribution in [3.8, 4) is 11.5 Å². The number of hydrogen-bond acceptors (Lipinski definition) is 5. The number of hydrogen-bond donors (Lipinski definition) is 1. The summed E-state index contributed by atoms with van der Waals surface area (Å²) in [7, 11) is -5.10. The highest BCUT2D eigenvalue weighted by Gasteiger charge is 2.40. The summed E-state index contributed by atoms with van der Waals surface area (Å²) in [5.74, 6) is -14.4. The Bertz CT molecular complexity index is 1410. The van der Waals surface area contributed by atoms with Crippen LogP contribution < -0.4 is 14.1 Å². The number of unbranched alkanes of at least 4 members (excludes halogenated alkanes) is 6. The van der Waals surface area contributed by atoms with Gasteiger partial charge in [-0.2, -0.15) is 13.9 Å². The molecule has 0 aliphatic carbocycles. The molecule has 3 aromatic rings. The number of halogens is 5. The van der Waals surface area contributed by atoms with E-state index in [1.165, 1.54) is 24.3 Å². The highest BCUT2D eigenvalue weighted by Crippen LogP contribution is 2.48. The summed E-state index contributed by atoms with van der Waals surface area (Å²) in [4.78, 5) is 13.6. The van der Waals surface area contributed by atoms with E-state index in [0.29, 0.717) is 5.56 Å². The largest absolute Gasteiger partial charge is 0.513 e. The third-order valence-electron chi connectivity index (χ3n) is 7.62. The smallest absolute Gasteiger partial charge is 0.464 e. The minimum Gasteiger partial charge on any atom is -0.464 e. The fourth-order valence-corrected chi connectivity index (χ4v) is 6.55. The quantitative estimate of drug-likeness (QED) is 0.0301. The Morgan fingerprint density at radius 2 is 1.21 bits per heavy atom. The Morgan fingerprint density at radius 3 is 1.74 bits per heavy atom. The van der Waals surface area contributed by atoms with Crippen LogP contribution in [0.25, 0.3) is 0 Å². The zero-order valence-corrected chi connectivity index (χ0v) is 27.7. The van der Waals surface area contributed by atoms with Gasteiger partial charge in [0.15, 0.2) is 0 Å². The maximum atomic E-state index is 14.7. The molecule has 12 heteroatoms. The topological polar surface area (TPSA) is 73.9 Å². The normalized spacial score (nSPS) is 13.3. The van der Waals surface area contributed by atoms with E-state index in [0.717, 1.165) is 64.2 Å². The molecule has 0 aliphatic rings. The Labute approximate surface area is 273 Å². The molecule has 0 fully saturated rings. The van der Waals surface area contributed by atoms with Crippen LogP contribution in [-0.4, -0.2) is 18.6 Å². The number of carbonyl (C=O) groups is 1. The van der Waals surface area contributed by atoms with Crippen LogP contribution in [0.1, 0.15) is 83.6 Å². The minimum absolute atomic E-state index is 0.0852. The van der Waals surface area contributed by atoms with Crippen molar-refractivity contribution < 1.29 is 45.1 Å². The highest BCUT2D eigenvalue weighted by molar-refractivity contribution is 7.52. The zero-order chi connectivity index (χ0) is 34.2. The number of ether oxygens (including phenoxy) is 1. The van der Waals surface area contributed by atoms with Gasteiger partial charge in [0.25, 0.3) is 0 Å². The van der Waals surface area contributed by atoms with Crippen molar-refractivity contribution in [2.75, 3.05) is 6.61 Å². The van der Waals surface area contributed by atoms with Crippen molar-refractivity contribution in [3.05, 3.63) is 95.3 Å². The molecule has 0 spiro atoms. The summed E-state index contributed by atoms with van der Waals surface area (Å²) in [6.07, 6.45) is 10.0. The van der Waals surface area contributed by atoms with Crippen molar-refractivity contribution in [3.63, 3.8) is 0 Å². The lowest BCUT2D eigenvalue weighted by atomic mass is 9.95. The molecule has 0 bridgehead atoms. The molecule has 0 unspecified atom stereocenters. The van der Waals surface area contributed by atoms with Crippen molar-refractivity contribution in [2.24, 2.45) is 5.92 Å². The van der Waals surface area contributed by atoms with Gasteiger partial charge in [0.1, 0.15) is 11.8 Å². The monoisotopic (exact) mass is 683 g/mol. The van der Waals surface area contributed by atoms with E-state index in [4.69, 9.17) is 13.8 Å². The molecule has 47 heavy (non-hydrogen) atoms. The fraction of sp³-hybridized carbons (Fsp3) is 0.457. The standard InChI is InChI=1S/C35H43F5NO5P/c1-3-5-7-11-19-26(20-12-8-6-4-2)24-44-35(42)28(23-25-17-13-9-14-18-25)41-47(43,45-27-21-15-10-16-22-27)46-34-32(39)30(37)29(36)31(38)33(34)40/h9-10,13-18,21-22,26,28H,3-8,11-12,19-20,23-24H2,1-2H3,(H,41,43)/t28-,47-/m0/s1. The van der Waals surface area contributed by atoms with Crippen LogP contribution in [0, 0.1) is 35.0 Å². The predicted octanol–water partition coefficient (Wildman–Crippen LogP) is 10.2. The predicted molar refractivity (Wildman–Crippen MR) is 171 cm³/mol. The van der Waals surface area contributed by atoms with Gasteiger partial charge >= 0.3 is 13.7 Å². The fourth-order valence-electron chi connectivity index (χ4n) is 5.03. The third-order valence-corrected chi connectivity index (χ3v) is 9.13. The zero-order valence-electron chi connectivity index (χ0n) is 26.8. The molecule has 1 N–H and O–H groups in total. The second kappa shape index (κ2) is 19.4. The van der Waals surface area contributed by atoms with Crippen molar-refractivity contribution in [2.45, 2.75) is 90.5 Å². The molecule has 0 saturated carbocycles. The number of carbonyl (C=O) groups excluding carboxylic acids is 1. The molecular formula is C35H43F5NO5P. The summed E-state index contributed by atoms with van der Waals surface area (Å²) in [5, 5.41) is 2.39. The first-order chi connectivity index (χ1) is 22.6. The number of benzene rings is 3. The first kappa shape index (κ1) is 38.0. The highest BCUT2D eigenvalue weighted by atomic mass is 31.2. The Balaban J connectivity index is 1.91. The Morgan fingerprint density at radius 1 is 0.702 bits per heavy atom. The summed E-state index contributed by atoms with van der Waals surface area (Å²) in [6, 6.07) is 14.4. The van der Waals surface area contributed by atoms with Gasteiger partial charge in [0.05, 0.1) is 6.61 Å². The molecule has 3 rings (SSSR count). The van der Waals surface area contributed by atoms with Gasteiger partial charge in [0, 0.05) is 0 Å². The van der Waals surface area contributed by atoms with E-state index in [1.807, 2.05) is 0 Å². The van der Waals surface area contributed by atoms with Crippen LogP contribution in [0.5, 0.6) is 11.5 Å². The Kier molecular flexibility index (Phi) is 15.7. The van der Waals surface area contributed by atoms with Crippen LogP contribution in [0.15, 0.2) is 60.7 Å². The number of para-hydroxylation sites is 1. The first-order valence-electron chi connectivity index (χ1n) is 16.1. The lowest BCUT2D eigenvalue weighted by Gasteiger charge is -2.26. The molecule has 2 atom stereocenters. The SMILES string of the molecule is CCCCCCC(CCCCCC)COC(=O)[C@H](Cc1ccccc1)N[P@](=O)(Oc1ccccc1)Oc1c(F)c(F)c(F)c(F)c1F. The van der Waals surface area contributed by atoms with Gasteiger partial charge in [-0.05, 0) is 42.9 Å². The van der Waals surface area contributed by atoms with E-state index >= 15 is 0 Å². The summed E-state index contributed by atoms with van der Waals surface area (Å²) in [5.41, 5.74) is 0.597. The first-order valence-corrected chi connectivity index (χ1v) is 17.7.